The highest BCUT2D eigenvalue weighted by Crippen LogP contribution is 2.27. The number of halogens is 1. The van der Waals surface area contributed by atoms with Crippen LogP contribution in [0.15, 0.2) is 55.0 Å². The molecule has 0 saturated carbocycles. The third-order valence-electron chi connectivity index (χ3n) is 3.67. The van der Waals surface area contributed by atoms with E-state index in [1.165, 1.54) is 5.56 Å². The van der Waals surface area contributed by atoms with Crippen LogP contribution in [0.5, 0.6) is 0 Å². The fourth-order valence-electron chi connectivity index (χ4n) is 2.57. The van der Waals surface area contributed by atoms with Gasteiger partial charge in [0.2, 0.25) is 0 Å². The summed E-state index contributed by atoms with van der Waals surface area (Å²) in [5.41, 5.74) is 3.30. The minimum atomic E-state index is 0.156. The minimum absolute atomic E-state index is 0.156. The highest BCUT2D eigenvalue weighted by molar-refractivity contribution is 6.31. The molecule has 0 aliphatic carbocycles. The maximum atomic E-state index is 6.23. The number of aromatic nitrogens is 2. The molecule has 0 spiro atoms. The van der Waals surface area contributed by atoms with Gasteiger partial charge in [-0.1, -0.05) is 35.9 Å². The van der Waals surface area contributed by atoms with Crippen LogP contribution in [0, 0.1) is 0 Å². The molecule has 106 valence electrons. The number of nitrogens with one attached hydrogen (secondary N) is 1. The van der Waals surface area contributed by atoms with E-state index in [0.29, 0.717) is 5.02 Å². The van der Waals surface area contributed by atoms with E-state index in [0.717, 1.165) is 22.9 Å². The molecule has 4 heteroatoms. The molecule has 3 aromatic rings. The topological polar surface area (TPSA) is 37.8 Å². The molecule has 1 unspecified atom stereocenters. The zero-order valence-corrected chi connectivity index (χ0v) is 12.5. The van der Waals surface area contributed by atoms with Gasteiger partial charge in [0.05, 0.1) is 10.5 Å². The maximum Gasteiger partial charge on any atom is 0.0749 e. The fraction of sp³-hybridized carbons (Fsp3) is 0.176. The van der Waals surface area contributed by atoms with E-state index in [1.54, 1.807) is 12.4 Å². The summed E-state index contributed by atoms with van der Waals surface area (Å²) in [6, 6.07) is 12.4. The van der Waals surface area contributed by atoms with Crippen LogP contribution in [0.1, 0.15) is 17.2 Å². The van der Waals surface area contributed by atoms with Crippen LogP contribution in [0.4, 0.5) is 0 Å². The molecular formula is C17H16ClN3. The van der Waals surface area contributed by atoms with Crippen LogP contribution < -0.4 is 5.32 Å². The number of fused-ring (bicyclic) bond motifs is 1. The Morgan fingerprint density at radius 3 is 2.81 bits per heavy atom. The van der Waals surface area contributed by atoms with Crippen LogP contribution in [-0.2, 0) is 6.42 Å². The number of pyridine rings is 2. The zero-order chi connectivity index (χ0) is 14.7. The summed E-state index contributed by atoms with van der Waals surface area (Å²) in [5, 5.41) is 5.22. The molecule has 0 fully saturated rings. The van der Waals surface area contributed by atoms with Crippen molar-refractivity contribution in [2.75, 3.05) is 7.05 Å². The number of hydrogen-bond donors (Lipinski definition) is 1. The van der Waals surface area contributed by atoms with E-state index in [2.05, 4.69) is 39.6 Å². The fourth-order valence-corrected chi connectivity index (χ4v) is 2.76. The summed E-state index contributed by atoms with van der Waals surface area (Å²) < 4.78 is 0. The Kier molecular flexibility index (Phi) is 4.13. The van der Waals surface area contributed by atoms with Gasteiger partial charge >= 0.3 is 0 Å². The first-order valence-corrected chi connectivity index (χ1v) is 7.26. The molecule has 1 aromatic carbocycles. The highest BCUT2D eigenvalue weighted by atomic mass is 35.5. The van der Waals surface area contributed by atoms with Crippen molar-refractivity contribution in [3.8, 4) is 0 Å². The predicted octanol–water partition coefficient (Wildman–Crippen LogP) is 3.79. The van der Waals surface area contributed by atoms with Gasteiger partial charge in [0.25, 0.3) is 0 Å². The number of benzene rings is 1. The SMILES string of the molecule is CNC(Cc1ccncc1Cl)c1cccc2cccnc12. The van der Waals surface area contributed by atoms with Crippen LogP contribution in [0.25, 0.3) is 10.9 Å². The molecule has 0 saturated heterocycles. The first kappa shape index (κ1) is 14.0. The third-order valence-corrected chi connectivity index (χ3v) is 4.01. The van der Waals surface area contributed by atoms with Crippen molar-refractivity contribution in [1.82, 2.24) is 15.3 Å². The molecule has 3 nitrogen and oxygen atoms in total. The average molecular weight is 298 g/mol. The molecule has 0 radical (unpaired) electrons. The Balaban J connectivity index is 2.01. The Morgan fingerprint density at radius 1 is 1.14 bits per heavy atom. The van der Waals surface area contributed by atoms with E-state index >= 15 is 0 Å². The lowest BCUT2D eigenvalue weighted by Crippen LogP contribution is -2.19. The lowest BCUT2D eigenvalue weighted by atomic mass is 9.97. The molecule has 0 amide bonds. The van der Waals surface area contributed by atoms with Gasteiger partial charge in [-0.05, 0) is 36.7 Å². The first-order valence-electron chi connectivity index (χ1n) is 6.89. The Labute approximate surface area is 129 Å². The van der Waals surface area contributed by atoms with Gasteiger partial charge in [-0.2, -0.15) is 0 Å². The second kappa shape index (κ2) is 6.20. The van der Waals surface area contributed by atoms with E-state index in [1.807, 2.05) is 25.4 Å². The van der Waals surface area contributed by atoms with Crippen molar-refractivity contribution < 1.29 is 0 Å². The standard InChI is InChI=1S/C17H16ClN3/c1-19-16(10-13-7-9-20-11-15(13)18)14-6-2-4-12-5-3-8-21-17(12)14/h2-9,11,16,19H,10H2,1H3. The van der Waals surface area contributed by atoms with Gasteiger partial charge in [0.15, 0.2) is 0 Å². The van der Waals surface area contributed by atoms with E-state index in [-0.39, 0.29) is 6.04 Å². The molecule has 1 N–H and O–H groups in total. The van der Waals surface area contributed by atoms with Crippen LogP contribution >= 0.6 is 11.6 Å². The molecule has 0 aliphatic heterocycles. The number of rotatable bonds is 4. The maximum absolute atomic E-state index is 6.23. The number of hydrogen-bond acceptors (Lipinski definition) is 3. The lowest BCUT2D eigenvalue weighted by Gasteiger charge is -2.18. The van der Waals surface area contributed by atoms with Crippen LogP contribution in [0.3, 0.4) is 0 Å². The van der Waals surface area contributed by atoms with Gasteiger partial charge in [0, 0.05) is 30.0 Å². The monoisotopic (exact) mass is 297 g/mol. The molecule has 21 heavy (non-hydrogen) atoms. The minimum Gasteiger partial charge on any atom is -0.313 e. The molecule has 0 aliphatic rings. The Morgan fingerprint density at radius 2 is 2.00 bits per heavy atom. The van der Waals surface area contributed by atoms with Crippen molar-refractivity contribution in [1.29, 1.82) is 0 Å². The summed E-state index contributed by atoms with van der Waals surface area (Å²) in [4.78, 5) is 8.56. The van der Waals surface area contributed by atoms with Crippen molar-refractivity contribution in [3.63, 3.8) is 0 Å². The molecule has 2 heterocycles. The lowest BCUT2D eigenvalue weighted by molar-refractivity contribution is 0.595. The van der Waals surface area contributed by atoms with E-state index in [4.69, 9.17) is 11.6 Å². The largest absolute Gasteiger partial charge is 0.313 e. The average Bonchev–Trinajstić information content (AvgIpc) is 2.54. The molecular weight excluding hydrogens is 282 g/mol. The highest BCUT2D eigenvalue weighted by Gasteiger charge is 2.15. The van der Waals surface area contributed by atoms with Crippen LogP contribution in [-0.4, -0.2) is 17.0 Å². The molecule has 2 aromatic heterocycles. The molecule has 0 bridgehead atoms. The zero-order valence-electron chi connectivity index (χ0n) is 11.8. The van der Waals surface area contributed by atoms with Crippen molar-refractivity contribution in [3.05, 3.63) is 71.1 Å². The summed E-state index contributed by atoms with van der Waals surface area (Å²) in [7, 11) is 1.96. The summed E-state index contributed by atoms with van der Waals surface area (Å²) >= 11 is 6.23. The van der Waals surface area contributed by atoms with Gasteiger partial charge in [-0.3, -0.25) is 9.97 Å². The smallest absolute Gasteiger partial charge is 0.0749 e. The second-order valence-electron chi connectivity index (χ2n) is 4.93. The van der Waals surface area contributed by atoms with Gasteiger partial charge < -0.3 is 5.32 Å². The van der Waals surface area contributed by atoms with Crippen LogP contribution in [0.2, 0.25) is 5.02 Å². The third kappa shape index (κ3) is 2.89. The summed E-state index contributed by atoms with van der Waals surface area (Å²) in [6.07, 6.45) is 6.09. The number of nitrogens with zero attached hydrogens (tertiary/aromatic N) is 2. The second-order valence-corrected chi connectivity index (χ2v) is 5.34. The molecule has 3 rings (SSSR count). The van der Waals surface area contributed by atoms with Gasteiger partial charge in [-0.25, -0.2) is 0 Å². The van der Waals surface area contributed by atoms with Crippen molar-refractivity contribution >= 4 is 22.5 Å². The number of likely N-dealkylation sites (N-methyl/N-ethyl adjacent to an activating group) is 1. The summed E-state index contributed by atoms with van der Waals surface area (Å²) in [5.74, 6) is 0. The Hall–Kier alpha value is -1.97. The van der Waals surface area contributed by atoms with Crippen molar-refractivity contribution in [2.24, 2.45) is 0 Å². The van der Waals surface area contributed by atoms with E-state index < -0.39 is 0 Å². The molecule has 1 atom stereocenters. The predicted molar refractivity (Wildman–Crippen MR) is 86.5 cm³/mol. The van der Waals surface area contributed by atoms with Gasteiger partial charge in [-0.15, -0.1) is 0 Å². The van der Waals surface area contributed by atoms with Gasteiger partial charge in [0.1, 0.15) is 0 Å². The quantitative estimate of drug-likeness (QED) is 0.796. The first-order chi connectivity index (χ1) is 10.3. The normalized spacial score (nSPS) is 12.5. The Bertz CT molecular complexity index is 752. The summed E-state index contributed by atoms with van der Waals surface area (Å²) in [6.45, 7) is 0. The van der Waals surface area contributed by atoms with E-state index in [9.17, 15) is 0 Å². The van der Waals surface area contributed by atoms with Crippen molar-refractivity contribution in [2.45, 2.75) is 12.5 Å². The number of para-hydroxylation sites is 1.